The van der Waals surface area contributed by atoms with E-state index in [0.717, 1.165) is 50.3 Å². The third-order valence-corrected chi connectivity index (χ3v) is 5.71. The maximum atomic E-state index is 6.14. The van der Waals surface area contributed by atoms with Gasteiger partial charge < -0.3 is 14.5 Å². The predicted octanol–water partition coefficient (Wildman–Crippen LogP) is 2.70. The molecule has 3 atom stereocenters. The summed E-state index contributed by atoms with van der Waals surface area (Å²) >= 11 is 0. The average Bonchev–Trinajstić information content (AvgIpc) is 3.21. The molecule has 2 aromatic rings. The average molecular weight is 342 g/mol. The number of hydrogen-bond donors (Lipinski definition) is 1. The number of nitrogens with one attached hydrogen (secondary N) is 1. The highest BCUT2D eigenvalue weighted by Crippen LogP contribution is 2.43. The molecule has 6 nitrogen and oxygen atoms in total. The van der Waals surface area contributed by atoms with Crippen molar-refractivity contribution in [1.82, 2.24) is 19.9 Å². The molecule has 0 amide bonds. The number of aryl methyl sites for hydroxylation is 1. The predicted molar refractivity (Wildman–Crippen MR) is 94.4 cm³/mol. The van der Waals surface area contributed by atoms with Crippen LogP contribution in [0.1, 0.15) is 37.2 Å². The Morgan fingerprint density at radius 2 is 2.24 bits per heavy atom. The van der Waals surface area contributed by atoms with Crippen LogP contribution in [0.15, 0.2) is 30.6 Å². The smallest absolute Gasteiger partial charge is 0.213 e. The number of ether oxygens (including phenoxy) is 2. The summed E-state index contributed by atoms with van der Waals surface area (Å²) in [6.45, 7) is 3.92. The van der Waals surface area contributed by atoms with Crippen LogP contribution in [0.5, 0.6) is 5.88 Å². The Bertz CT molecular complexity index is 704. The highest BCUT2D eigenvalue weighted by molar-refractivity contribution is 5.12. The highest BCUT2D eigenvalue weighted by Gasteiger charge is 2.51. The van der Waals surface area contributed by atoms with Gasteiger partial charge in [0.05, 0.1) is 5.60 Å². The van der Waals surface area contributed by atoms with Gasteiger partial charge in [0.1, 0.15) is 11.9 Å². The van der Waals surface area contributed by atoms with E-state index in [1.807, 2.05) is 38.4 Å². The number of aromatic amines is 1. The van der Waals surface area contributed by atoms with Crippen LogP contribution in [0.2, 0.25) is 0 Å². The zero-order valence-electron chi connectivity index (χ0n) is 14.9. The lowest BCUT2D eigenvalue weighted by atomic mass is 9.79. The van der Waals surface area contributed by atoms with E-state index in [4.69, 9.17) is 9.47 Å². The van der Waals surface area contributed by atoms with Crippen molar-refractivity contribution >= 4 is 0 Å². The van der Waals surface area contributed by atoms with Gasteiger partial charge in [0.15, 0.2) is 0 Å². The fraction of sp³-hybridized carbons (Fsp3) is 0.579. The number of imidazole rings is 1. The Labute approximate surface area is 148 Å². The minimum atomic E-state index is -0.0426. The first-order valence-electron chi connectivity index (χ1n) is 9.06. The van der Waals surface area contributed by atoms with E-state index in [9.17, 15) is 0 Å². The number of pyridine rings is 1. The van der Waals surface area contributed by atoms with Gasteiger partial charge in [-0.2, -0.15) is 0 Å². The molecule has 2 fully saturated rings. The molecule has 0 unspecified atom stereocenters. The Balaban J connectivity index is 1.48. The number of methoxy groups -OCH3 is 1. The van der Waals surface area contributed by atoms with Crippen molar-refractivity contribution in [3.8, 4) is 5.88 Å². The van der Waals surface area contributed by atoms with Crippen molar-refractivity contribution in [2.45, 2.75) is 56.9 Å². The Kier molecular flexibility index (Phi) is 4.48. The highest BCUT2D eigenvalue weighted by atomic mass is 16.5. The summed E-state index contributed by atoms with van der Waals surface area (Å²) in [4.78, 5) is 14.5. The van der Waals surface area contributed by atoms with E-state index in [1.54, 1.807) is 6.20 Å². The minimum absolute atomic E-state index is 0.0426. The molecule has 3 heterocycles. The van der Waals surface area contributed by atoms with Gasteiger partial charge in [-0.05, 0) is 32.3 Å². The number of rotatable bonds is 5. The monoisotopic (exact) mass is 342 g/mol. The van der Waals surface area contributed by atoms with Crippen LogP contribution in [-0.2, 0) is 11.3 Å². The molecule has 134 valence electrons. The molecule has 2 aliphatic rings. The molecule has 1 aliphatic heterocycles. The van der Waals surface area contributed by atoms with Crippen molar-refractivity contribution < 1.29 is 9.47 Å². The summed E-state index contributed by atoms with van der Waals surface area (Å²) in [5, 5.41) is 0. The van der Waals surface area contributed by atoms with Crippen LogP contribution >= 0.6 is 0 Å². The van der Waals surface area contributed by atoms with Crippen LogP contribution in [0, 0.1) is 6.92 Å². The molecule has 1 N–H and O–H groups in total. The second-order valence-corrected chi connectivity index (χ2v) is 7.18. The molecule has 25 heavy (non-hydrogen) atoms. The number of hydrogen-bond acceptors (Lipinski definition) is 5. The van der Waals surface area contributed by atoms with Crippen LogP contribution in [0.3, 0.4) is 0 Å². The number of nitrogens with zero attached hydrogens (tertiary/aromatic N) is 3. The molecule has 6 heteroatoms. The molecular formula is C19H26N4O2. The van der Waals surface area contributed by atoms with E-state index < -0.39 is 0 Å². The topological polar surface area (TPSA) is 63.3 Å². The molecule has 1 saturated heterocycles. The third-order valence-electron chi connectivity index (χ3n) is 5.71. The fourth-order valence-corrected chi connectivity index (χ4v) is 4.41. The molecule has 0 bridgehead atoms. The Morgan fingerprint density at radius 3 is 2.96 bits per heavy atom. The molecule has 2 aromatic heterocycles. The van der Waals surface area contributed by atoms with Crippen LogP contribution in [0.25, 0.3) is 0 Å². The summed E-state index contributed by atoms with van der Waals surface area (Å²) in [5.74, 6) is 1.68. The Morgan fingerprint density at radius 1 is 1.32 bits per heavy atom. The van der Waals surface area contributed by atoms with Crippen LogP contribution in [0.4, 0.5) is 0 Å². The van der Waals surface area contributed by atoms with Crippen LogP contribution < -0.4 is 4.74 Å². The minimum Gasteiger partial charge on any atom is -0.474 e. The first-order chi connectivity index (χ1) is 12.2. The molecular weight excluding hydrogens is 316 g/mol. The zero-order valence-corrected chi connectivity index (χ0v) is 14.9. The second kappa shape index (κ2) is 6.77. The summed E-state index contributed by atoms with van der Waals surface area (Å²) in [7, 11) is 1.86. The first kappa shape index (κ1) is 16.5. The maximum Gasteiger partial charge on any atom is 0.213 e. The molecule has 0 aromatic carbocycles. The summed E-state index contributed by atoms with van der Waals surface area (Å²) in [5.41, 5.74) is 1.12. The number of fused-ring (bicyclic) bond motifs is 1. The number of likely N-dealkylation sites (tertiary alicyclic amines) is 1. The van der Waals surface area contributed by atoms with E-state index in [2.05, 4.69) is 19.9 Å². The second-order valence-electron chi connectivity index (χ2n) is 7.18. The van der Waals surface area contributed by atoms with E-state index in [1.165, 1.54) is 0 Å². The third kappa shape index (κ3) is 3.28. The SMILES string of the molecule is CO[C@@]12CC[C@H](Oc3ccccn3)C[C@@H]1N(Cc1cnc(C)[nH]1)CC2. The molecule has 1 aliphatic carbocycles. The van der Waals surface area contributed by atoms with Gasteiger partial charge >= 0.3 is 0 Å². The van der Waals surface area contributed by atoms with Crippen molar-refractivity contribution in [2.75, 3.05) is 13.7 Å². The van der Waals surface area contributed by atoms with E-state index >= 15 is 0 Å². The quantitative estimate of drug-likeness (QED) is 0.905. The Hall–Kier alpha value is -1.92. The summed E-state index contributed by atoms with van der Waals surface area (Å²) in [6, 6.07) is 6.17. The lowest BCUT2D eigenvalue weighted by molar-refractivity contribution is -0.0844. The lowest BCUT2D eigenvalue weighted by Crippen LogP contribution is -2.52. The zero-order chi connectivity index (χ0) is 17.3. The van der Waals surface area contributed by atoms with Gasteiger partial charge in [-0.1, -0.05) is 6.07 Å². The molecule has 4 rings (SSSR count). The lowest BCUT2D eigenvalue weighted by Gasteiger charge is -2.43. The fourth-order valence-electron chi connectivity index (χ4n) is 4.41. The molecule has 0 radical (unpaired) electrons. The summed E-state index contributed by atoms with van der Waals surface area (Å²) in [6.07, 6.45) is 8.00. The largest absolute Gasteiger partial charge is 0.474 e. The van der Waals surface area contributed by atoms with Crippen molar-refractivity contribution in [3.05, 3.63) is 42.1 Å². The standard InChI is InChI=1S/C19H26N4O2/c1-14-21-12-15(22-14)13-23-10-8-19(24-2)7-6-16(11-17(19)23)25-18-5-3-4-9-20-18/h3-5,9,12,16-17H,6-8,10-11,13H2,1-2H3,(H,21,22)/t16-,17-,19+/m0/s1. The normalized spacial score (nSPS) is 29.5. The molecule has 1 saturated carbocycles. The van der Waals surface area contributed by atoms with Crippen molar-refractivity contribution in [3.63, 3.8) is 0 Å². The van der Waals surface area contributed by atoms with E-state index in [0.29, 0.717) is 11.9 Å². The van der Waals surface area contributed by atoms with Crippen molar-refractivity contribution in [2.24, 2.45) is 0 Å². The number of H-pyrrole nitrogens is 1. The molecule has 0 spiro atoms. The van der Waals surface area contributed by atoms with E-state index in [-0.39, 0.29) is 11.7 Å². The van der Waals surface area contributed by atoms with Crippen molar-refractivity contribution in [1.29, 1.82) is 0 Å². The first-order valence-corrected chi connectivity index (χ1v) is 9.06. The van der Waals surface area contributed by atoms with Gasteiger partial charge in [0.2, 0.25) is 5.88 Å². The number of aromatic nitrogens is 3. The summed E-state index contributed by atoms with van der Waals surface area (Å²) < 4.78 is 12.2. The van der Waals surface area contributed by atoms with Gasteiger partial charge in [-0.3, -0.25) is 4.90 Å². The van der Waals surface area contributed by atoms with Crippen LogP contribution in [-0.4, -0.2) is 51.3 Å². The van der Waals surface area contributed by atoms with Gasteiger partial charge in [-0.25, -0.2) is 9.97 Å². The van der Waals surface area contributed by atoms with Gasteiger partial charge in [0, 0.05) is 56.8 Å². The van der Waals surface area contributed by atoms with Gasteiger partial charge in [0.25, 0.3) is 0 Å². The van der Waals surface area contributed by atoms with Gasteiger partial charge in [-0.15, -0.1) is 0 Å². The maximum absolute atomic E-state index is 6.14.